The van der Waals surface area contributed by atoms with E-state index in [1.54, 1.807) is 0 Å². The average Bonchev–Trinajstić information content (AvgIpc) is 2.17. The molecule has 1 aliphatic heterocycles. The molecule has 0 aromatic heterocycles. The van der Waals surface area contributed by atoms with Crippen molar-refractivity contribution in [1.29, 1.82) is 0 Å². The summed E-state index contributed by atoms with van der Waals surface area (Å²) in [5.74, 6) is -0.346. The van der Waals surface area contributed by atoms with Gasteiger partial charge in [0.15, 0.2) is 0 Å². The van der Waals surface area contributed by atoms with E-state index in [1.165, 1.54) is 5.56 Å². The van der Waals surface area contributed by atoms with Crippen LogP contribution in [0.15, 0.2) is 28.7 Å². The van der Waals surface area contributed by atoms with Gasteiger partial charge in [-0.15, -0.1) is 0 Å². The molecule has 1 N–H and O–H groups in total. The number of hydrogen-bond acceptors (Lipinski definition) is 2. The predicted octanol–water partition coefficient (Wildman–Crippen LogP) is 2.36. The first-order chi connectivity index (χ1) is 7.63. The highest BCUT2D eigenvalue weighted by molar-refractivity contribution is 9.10. The van der Waals surface area contributed by atoms with Crippen LogP contribution in [-0.4, -0.2) is 29.1 Å². The number of benzene rings is 1. The topological polar surface area (TPSA) is 40.5 Å². The van der Waals surface area contributed by atoms with E-state index in [0.717, 1.165) is 24.1 Å². The fraction of sp³-hybridized carbons (Fsp3) is 0.417. The molecule has 1 aromatic rings. The minimum atomic E-state index is -0.687. The van der Waals surface area contributed by atoms with Crippen LogP contribution in [0.3, 0.4) is 0 Å². The SMILES string of the molecule is O=C(O)CC1CN(Cc2ccc(Br)cc2)C1. The van der Waals surface area contributed by atoms with Gasteiger partial charge < -0.3 is 5.11 Å². The van der Waals surface area contributed by atoms with Crippen molar-refractivity contribution in [1.82, 2.24) is 4.90 Å². The Morgan fingerprint density at radius 3 is 2.56 bits per heavy atom. The number of carboxylic acid groups (broad SMARTS) is 1. The molecule has 2 rings (SSSR count). The summed E-state index contributed by atoms with van der Waals surface area (Å²) in [6.45, 7) is 2.73. The first-order valence-corrected chi connectivity index (χ1v) is 6.11. The molecule has 3 nitrogen and oxygen atoms in total. The normalized spacial score (nSPS) is 17.1. The summed E-state index contributed by atoms with van der Waals surface area (Å²) in [5.41, 5.74) is 1.27. The molecule has 0 amide bonds. The van der Waals surface area contributed by atoms with Gasteiger partial charge in [-0.25, -0.2) is 0 Å². The van der Waals surface area contributed by atoms with Gasteiger partial charge in [-0.2, -0.15) is 0 Å². The van der Waals surface area contributed by atoms with Crippen LogP contribution in [0.5, 0.6) is 0 Å². The lowest BCUT2D eigenvalue weighted by molar-refractivity contribution is -0.139. The Bertz CT molecular complexity index is 371. The van der Waals surface area contributed by atoms with Gasteiger partial charge in [-0.3, -0.25) is 9.69 Å². The smallest absolute Gasteiger partial charge is 0.303 e. The molecule has 0 spiro atoms. The molecule has 0 radical (unpaired) electrons. The van der Waals surface area contributed by atoms with Crippen LogP contribution in [0, 0.1) is 5.92 Å². The number of aliphatic carboxylic acids is 1. The summed E-state index contributed by atoms with van der Waals surface area (Å²) >= 11 is 3.40. The third kappa shape index (κ3) is 3.06. The molecule has 86 valence electrons. The maximum Gasteiger partial charge on any atom is 0.303 e. The van der Waals surface area contributed by atoms with Crippen molar-refractivity contribution in [3.05, 3.63) is 34.3 Å². The maximum absolute atomic E-state index is 10.5. The Morgan fingerprint density at radius 1 is 1.38 bits per heavy atom. The Morgan fingerprint density at radius 2 is 2.00 bits per heavy atom. The molecule has 1 aromatic carbocycles. The van der Waals surface area contributed by atoms with Gasteiger partial charge in [0.1, 0.15) is 0 Å². The molecule has 0 bridgehead atoms. The van der Waals surface area contributed by atoms with Crippen LogP contribution in [0.2, 0.25) is 0 Å². The van der Waals surface area contributed by atoms with Crippen molar-refractivity contribution in [2.75, 3.05) is 13.1 Å². The van der Waals surface area contributed by atoms with Gasteiger partial charge in [0.05, 0.1) is 6.42 Å². The highest BCUT2D eigenvalue weighted by Gasteiger charge is 2.28. The van der Waals surface area contributed by atoms with Crippen LogP contribution >= 0.6 is 15.9 Å². The Hall–Kier alpha value is -0.870. The van der Waals surface area contributed by atoms with Crippen LogP contribution in [-0.2, 0) is 11.3 Å². The zero-order valence-corrected chi connectivity index (χ0v) is 10.5. The van der Waals surface area contributed by atoms with Crippen molar-refractivity contribution in [3.8, 4) is 0 Å². The van der Waals surface area contributed by atoms with E-state index in [0.29, 0.717) is 12.3 Å². The van der Waals surface area contributed by atoms with Crippen molar-refractivity contribution >= 4 is 21.9 Å². The molecule has 1 saturated heterocycles. The van der Waals surface area contributed by atoms with Crippen molar-refractivity contribution in [3.63, 3.8) is 0 Å². The lowest BCUT2D eigenvalue weighted by atomic mass is 9.96. The minimum absolute atomic E-state index is 0.302. The fourth-order valence-electron chi connectivity index (χ4n) is 2.03. The highest BCUT2D eigenvalue weighted by Crippen LogP contribution is 2.22. The monoisotopic (exact) mass is 283 g/mol. The molecule has 0 unspecified atom stereocenters. The summed E-state index contributed by atoms with van der Waals surface area (Å²) in [7, 11) is 0. The second kappa shape index (κ2) is 4.97. The van der Waals surface area contributed by atoms with Crippen molar-refractivity contribution in [2.24, 2.45) is 5.92 Å². The standard InChI is InChI=1S/C12H14BrNO2/c13-11-3-1-9(2-4-11)6-14-7-10(8-14)5-12(15)16/h1-4,10H,5-8H2,(H,15,16). The molecule has 1 fully saturated rings. The fourth-order valence-corrected chi connectivity index (χ4v) is 2.29. The Labute approximate surface area is 103 Å². The molecule has 4 heteroatoms. The highest BCUT2D eigenvalue weighted by atomic mass is 79.9. The first-order valence-electron chi connectivity index (χ1n) is 5.32. The number of rotatable bonds is 4. The van der Waals surface area contributed by atoms with E-state index < -0.39 is 5.97 Å². The third-order valence-electron chi connectivity index (χ3n) is 2.82. The van der Waals surface area contributed by atoms with Crippen LogP contribution in [0.4, 0.5) is 0 Å². The Balaban J connectivity index is 1.77. The summed E-state index contributed by atoms with van der Waals surface area (Å²) < 4.78 is 1.09. The lowest BCUT2D eigenvalue weighted by Gasteiger charge is -2.38. The largest absolute Gasteiger partial charge is 0.481 e. The minimum Gasteiger partial charge on any atom is -0.481 e. The number of hydrogen-bond donors (Lipinski definition) is 1. The molecule has 1 heterocycles. The second-order valence-electron chi connectivity index (χ2n) is 4.28. The van der Waals surface area contributed by atoms with Gasteiger partial charge in [-0.05, 0) is 23.6 Å². The quantitative estimate of drug-likeness (QED) is 0.922. The van der Waals surface area contributed by atoms with E-state index in [-0.39, 0.29) is 0 Å². The zero-order chi connectivity index (χ0) is 11.5. The maximum atomic E-state index is 10.5. The van der Waals surface area contributed by atoms with E-state index in [9.17, 15) is 4.79 Å². The molecular weight excluding hydrogens is 270 g/mol. The lowest BCUT2D eigenvalue weighted by Crippen LogP contribution is -2.46. The third-order valence-corrected chi connectivity index (χ3v) is 3.34. The molecule has 16 heavy (non-hydrogen) atoms. The summed E-state index contributed by atoms with van der Waals surface area (Å²) in [6.07, 6.45) is 0.302. The van der Waals surface area contributed by atoms with Crippen LogP contribution in [0.25, 0.3) is 0 Å². The number of carboxylic acids is 1. The van der Waals surface area contributed by atoms with E-state index in [4.69, 9.17) is 5.11 Å². The van der Waals surface area contributed by atoms with Crippen LogP contribution in [0.1, 0.15) is 12.0 Å². The van der Waals surface area contributed by atoms with Crippen molar-refractivity contribution < 1.29 is 9.90 Å². The molecule has 0 saturated carbocycles. The Kier molecular flexibility index (Phi) is 3.61. The van der Waals surface area contributed by atoms with Crippen LogP contribution < -0.4 is 0 Å². The summed E-state index contributed by atoms with van der Waals surface area (Å²) in [6, 6.07) is 8.25. The number of nitrogens with zero attached hydrogens (tertiary/aromatic N) is 1. The number of likely N-dealkylation sites (tertiary alicyclic amines) is 1. The first kappa shape index (κ1) is 11.6. The van der Waals surface area contributed by atoms with Gasteiger partial charge >= 0.3 is 5.97 Å². The molecular formula is C12H14BrNO2. The van der Waals surface area contributed by atoms with Gasteiger partial charge in [0.2, 0.25) is 0 Å². The molecule has 0 aliphatic carbocycles. The van der Waals surface area contributed by atoms with Gasteiger partial charge in [-0.1, -0.05) is 28.1 Å². The molecule has 1 aliphatic rings. The average molecular weight is 284 g/mol. The zero-order valence-electron chi connectivity index (χ0n) is 8.90. The summed E-state index contributed by atoms with van der Waals surface area (Å²) in [5, 5.41) is 8.63. The summed E-state index contributed by atoms with van der Waals surface area (Å²) in [4.78, 5) is 12.8. The van der Waals surface area contributed by atoms with Gasteiger partial charge in [0.25, 0.3) is 0 Å². The predicted molar refractivity (Wildman–Crippen MR) is 65.2 cm³/mol. The number of halogens is 1. The van der Waals surface area contributed by atoms with E-state index in [2.05, 4.69) is 33.0 Å². The number of carbonyl (C=O) groups is 1. The van der Waals surface area contributed by atoms with E-state index in [1.807, 2.05) is 12.1 Å². The second-order valence-corrected chi connectivity index (χ2v) is 5.20. The molecule has 0 atom stereocenters. The van der Waals surface area contributed by atoms with E-state index >= 15 is 0 Å². The van der Waals surface area contributed by atoms with Crippen molar-refractivity contribution in [2.45, 2.75) is 13.0 Å². The van der Waals surface area contributed by atoms with Gasteiger partial charge in [0, 0.05) is 24.1 Å².